The maximum absolute atomic E-state index is 5.92. The van der Waals surface area contributed by atoms with Crippen molar-refractivity contribution in [3.05, 3.63) is 33.8 Å². The van der Waals surface area contributed by atoms with E-state index < -0.39 is 0 Å². The second kappa shape index (κ2) is 7.13. The zero-order chi connectivity index (χ0) is 12.0. The molecule has 0 fully saturated rings. The van der Waals surface area contributed by atoms with Gasteiger partial charge in [-0.3, -0.25) is 0 Å². The van der Waals surface area contributed by atoms with Crippen LogP contribution in [0.1, 0.15) is 19.4 Å². The smallest absolute Gasteiger partial charge is 0.0595 e. The number of hydrogen-bond acceptors (Lipinski definition) is 2. The third kappa shape index (κ3) is 5.17. The Balaban J connectivity index is 2.24. The summed E-state index contributed by atoms with van der Waals surface area (Å²) in [5.74, 6) is 0. The van der Waals surface area contributed by atoms with Gasteiger partial charge in [0.15, 0.2) is 0 Å². The highest BCUT2D eigenvalue weighted by atomic mass is 35.5. The van der Waals surface area contributed by atoms with E-state index in [-0.39, 0.29) is 0 Å². The lowest BCUT2D eigenvalue weighted by atomic mass is 10.2. The van der Waals surface area contributed by atoms with Crippen LogP contribution in [0.5, 0.6) is 0 Å². The molecule has 0 saturated carbocycles. The van der Waals surface area contributed by atoms with Gasteiger partial charge in [-0.15, -0.1) is 0 Å². The van der Waals surface area contributed by atoms with Gasteiger partial charge in [-0.2, -0.15) is 0 Å². The summed E-state index contributed by atoms with van der Waals surface area (Å²) in [6, 6.07) is 6.24. The molecule has 1 aromatic rings. The predicted molar refractivity (Wildman–Crippen MR) is 71.3 cm³/mol. The van der Waals surface area contributed by atoms with E-state index in [2.05, 4.69) is 24.5 Å². The van der Waals surface area contributed by atoms with E-state index in [4.69, 9.17) is 23.2 Å². The summed E-state index contributed by atoms with van der Waals surface area (Å²) in [6.45, 7) is 7.01. The lowest BCUT2D eigenvalue weighted by molar-refractivity contribution is 0.555. The Morgan fingerprint density at radius 2 is 1.88 bits per heavy atom. The molecule has 0 saturated heterocycles. The molecule has 16 heavy (non-hydrogen) atoms. The Kier molecular flexibility index (Phi) is 6.14. The van der Waals surface area contributed by atoms with Gasteiger partial charge in [0.2, 0.25) is 0 Å². The first-order chi connectivity index (χ1) is 7.59. The van der Waals surface area contributed by atoms with Gasteiger partial charge in [-0.05, 0) is 17.7 Å². The van der Waals surface area contributed by atoms with Crippen LogP contribution >= 0.6 is 23.2 Å². The summed E-state index contributed by atoms with van der Waals surface area (Å²) >= 11 is 11.8. The van der Waals surface area contributed by atoms with Gasteiger partial charge in [0, 0.05) is 25.7 Å². The minimum absolute atomic E-state index is 0.534. The van der Waals surface area contributed by atoms with Crippen molar-refractivity contribution in [3.8, 4) is 0 Å². The first-order valence-electron chi connectivity index (χ1n) is 5.47. The van der Waals surface area contributed by atoms with Crippen LogP contribution < -0.4 is 10.6 Å². The van der Waals surface area contributed by atoms with Crippen molar-refractivity contribution in [1.82, 2.24) is 10.6 Å². The van der Waals surface area contributed by atoms with E-state index in [1.165, 1.54) is 0 Å². The summed E-state index contributed by atoms with van der Waals surface area (Å²) in [5.41, 5.74) is 1.15. The van der Waals surface area contributed by atoms with Gasteiger partial charge >= 0.3 is 0 Å². The van der Waals surface area contributed by atoms with Crippen LogP contribution in [-0.4, -0.2) is 19.1 Å². The van der Waals surface area contributed by atoms with E-state index in [9.17, 15) is 0 Å². The third-order valence-corrected chi connectivity index (χ3v) is 2.91. The van der Waals surface area contributed by atoms with Crippen molar-refractivity contribution in [2.75, 3.05) is 13.1 Å². The predicted octanol–water partition coefficient (Wildman–Crippen LogP) is 3.08. The maximum atomic E-state index is 5.92. The van der Waals surface area contributed by atoms with Crippen molar-refractivity contribution in [1.29, 1.82) is 0 Å². The van der Waals surface area contributed by atoms with Gasteiger partial charge in [0.05, 0.1) is 10.0 Å². The minimum Gasteiger partial charge on any atom is -0.313 e. The van der Waals surface area contributed by atoms with Crippen LogP contribution in [0.25, 0.3) is 0 Å². The fraction of sp³-hybridized carbons (Fsp3) is 0.500. The first-order valence-corrected chi connectivity index (χ1v) is 6.23. The first kappa shape index (κ1) is 13.8. The second-order valence-corrected chi connectivity index (χ2v) is 4.85. The van der Waals surface area contributed by atoms with E-state index in [1.807, 2.05) is 18.2 Å². The monoisotopic (exact) mass is 260 g/mol. The van der Waals surface area contributed by atoms with Crippen LogP contribution in [-0.2, 0) is 6.54 Å². The van der Waals surface area contributed by atoms with Crippen molar-refractivity contribution < 1.29 is 0 Å². The number of benzene rings is 1. The van der Waals surface area contributed by atoms with E-state index in [0.29, 0.717) is 16.1 Å². The quantitative estimate of drug-likeness (QED) is 0.769. The molecule has 90 valence electrons. The Labute approximate surface area is 107 Å². The van der Waals surface area contributed by atoms with Gasteiger partial charge in [-0.1, -0.05) is 43.1 Å². The standard InChI is InChI=1S/C12H18Cl2N2/c1-9(2)16-6-5-15-8-10-3-4-11(13)12(14)7-10/h3-4,7,9,15-16H,5-6,8H2,1-2H3. The Bertz CT molecular complexity index is 327. The summed E-state index contributed by atoms with van der Waals surface area (Å²) in [7, 11) is 0. The molecule has 0 amide bonds. The molecule has 0 bridgehead atoms. The van der Waals surface area contributed by atoms with Crippen LogP contribution in [0.2, 0.25) is 10.0 Å². The summed E-state index contributed by atoms with van der Waals surface area (Å²) < 4.78 is 0. The molecule has 0 unspecified atom stereocenters. The zero-order valence-corrected chi connectivity index (χ0v) is 11.2. The molecule has 0 aliphatic rings. The van der Waals surface area contributed by atoms with Gasteiger partial charge in [-0.25, -0.2) is 0 Å². The molecular weight excluding hydrogens is 243 g/mol. The SMILES string of the molecule is CC(C)NCCNCc1ccc(Cl)c(Cl)c1. The molecule has 0 radical (unpaired) electrons. The lowest BCUT2D eigenvalue weighted by Crippen LogP contribution is -2.31. The largest absolute Gasteiger partial charge is 0.313 e. The number of hydrogen-bond donors (Lipinski definition) is 2. The van der Waals surface area contributed by atoms with E-state index in [0.717, 1.165) is 25.2 Å². The maximum Gasteiger partial charge on any atom is 0.0595 e. The molecular formula is C12H18Cl2N2. The zero-order valence-electron chi connectivity index (χ0n) is 9.69. The Morgan fingerprint density at radius 1 is 1.12 bits per heavy atom. The molecule has 1 rings (SSSR count). The second-order valence-electron chi connectivity index (χ2n) is 4.03. The van der Waals surface area contributed by atoms with Crippen molar-refractivity contribution in [2.24, 2.45) is 0 Å². The topological polar surface area (TPSA) is 24.1 Å². The molecule has 0 heterocycles. The molecule has 0 aromatic heterocycles. The Morgan fingerprint density at radius 3 is 2.50 bits per heavy atom. The molecule has 0 aliphatic heterocycles. The van der Waals surface area contributed by atoms with Crippen molar-refractivity contribution in [2.45, 2.75) is 26.4 Å². The van der Waals surface area contributed by atoms with Gasteiger partial charge < -0.3 is 10.6 Å². The average Bonchev–Trinajstić information content (AvgIpc) is 2.22. The fourth-order valence-corrected chi connectivity index (χ4v) is 1.65. The van der Waals surface area contributed by atoms with Crippen molar-refractivity contribution in [3.63, 3.8) is 0 Å². The molecule has 0 aliphatic carbocycles. The van der Waals surface area contributed by atoms with E-state index >= 15 is 0 Å². The number of rotatable bonds is 6. The normalized spacial score (nSPS) is 11.1. The fourth-order valence-electron chi connectivity index (χ4n) is 1.33. The number of nitrogens with one attached hydrogen (secondary N) is 2. The van der Waals surface area contributed by atoms with Crippen LogP contribution in [0.4, 0.5) is 0 Å². The molecule has 1 aromatic carbocycles. The third-order valence-electron chi connectivity index (χ3n) is 2.17. The molecule has 0 atom stereocenters. The summed E-state index contributed by atoms with van der Waals surface area (Å²) in [5, 5.41) is 7.90. The van der Waals surface area contributed by atoms with Crippen LogP contribution in [0.3, 0.4) is 0 Å². The average molecular weight is 261 g/mol. The van der Waals surface area contributed by atoms with E-state index in [1.54, 1.807) is 0 Å². The molecule has 2 N–H and O–H groups in total. The number of halogens is 2. The van der Waals surface area contributed by atoms with Crippen LogP contribution in [0.15, 0.2) is 18.2 Å². The molecule has 0 spiro atoms. The van der Waals surface area contributed by atoms with Gasteiger partial charge in [0.25, 0.3) is 0 Å². The highest BCUT2D eigenvalue weighted by Gasteiger charge is 1.99. The Hall–Kier alpha value is -0.280. The highest BCUT2D eigenvalue weighted by molar-refractivity contribution is 6.42. The molecule has 2 nitrogen and oxygen atoms in total. The molecule has 4 heteroatoms. The highest BCUT2D eigenvalue weighted by Crippen LogP contribution is 2.22. The van der Waals surface area contributed by atoms with Crippen LogP contribution in [0, 0.1) is 0 Å². The lowest BCUT2D eigenvalue weighted by Gasteiger charge is -2.09. The summed E-state index contributed by atoms with van der Waals surface area (Å²) in [4.78, 5) is 0. The summed E-state index contributed by atoms with van der Waals surface area (Å²) in [6.07, 6.45) is 0. The van der Waals surface area contributed by atoms with Crippen molar-refractivity contribution >= 4 is 23.2 Å². The van der Waals surface area contributed by atoms with Gasteiger partial charge in [0.1, 0.15) is 0 Å². The minimum atomic E-state index is 0.534.